The minimum absolute atomic E-state index is 0.352. The average molecular weight is 210 g/mol. The molecule has 0 atom stereocenters. The first-order chi connectivity index (χ1) is 7.06. The Hall–Kier alpha value is -1.58. The van der Waals surface area contributed by atoms with Crippen LogP contribution in [0.2, 0.25) is 0 Å². The smallest absolute Gasteiger partial charge is 0.357 e. The van der Waals surface area contributed by atoms with Gasteiger partial charge in [-0.1, -0.05) is 6.07 Å². The van der Waals surface area contributed by atoms with Crippen LogP contribution in [0.25, 0.3) is 0 Å². The molecule has 1 aromatic rings. The van der Waals surface area contributed by atoms with Gasteiger partial charge in [0.15, 0.2) is 0 Å². The van der Waals surface area contributed by atoms with Gasteiger partial charge in [-0.25, -0.2) is 4.79 Å². The van der Waals surface area contributed by atoms with Gasteiger partial charge >= 0.3 is 5.97 Å². The van der Waals surface area contributed by atoms with Gasteiger partial charge in [0.1, 0.15) is 0 Å². The molecule has 0 aliphatic carbocycles. The van der Waals surface area contributed by atoms with Crippen LogP contribution >= 0.6 is 0 Å². The molecule has 0 aliphatic heterocycles. The molecule has 0 amide bonds. The van der Waals surface area contributed by atoms with Crippen LogP contribution in [0, 0.1) is 0 Å². The summed E-state index contributed by atoms with van der Waals surface area (Å²) in [6.45, 7) is 5.46. The largest absolute Gasteiger partial charge is 0.463 e. The van der Waals surface area contributed by atoms with Gasteiger partial charge < -0.3 is 4.74 Å². The third kappa shape index (κ3) is 3.23. The molecule has 4 nitrogen and oxygen atoms in total. The van der Waals surface area contributed by atoms with Gasteiger partial charge in [-0.2, -0.15) is 0 Å². The molecule has 82 valence electrons. The molecule has 15 heavy (non-hydrogen) atoms. The van der Waals surface area contributed by atoms with E-state index in [-0.39, 0.29) is 5.97 Å². The van der Waals surface area contributed by atoms with Crippen molar-refractivity contribution in [2.75, 3.05) is 6.61 Å². The maximum absolute atomic E-state index is 11.5. The molecule has 0 bridgehead atoms. The molecule has 0 aromatic carbocycles. The van der Waals surface area contributed by atoms with Gasteiger partial charge in [-0.3, -0.25) is 4.84 Å². The van der Waals surface area contributed by atoms with Crippen LogP contribution in [-0.4, -0.2) is 18.2 Å². The molecule has 0 radical (unpaired) electrons. The van der Waals surface area contributed by atoms with E-state index in [1.807, 2.05) is 18.2 Å². The quantitative estimate of drug-likeness (QED) is 0.543. The summed E-state index contributed by atoms with van der Waals surface area (Å²) in [5.74, 6) is -0.374. The molecular weight excluding hydrogens is 194 g/mol. The lowest BCUT2D eigenvalue weighted by Crippen LogP contribution is -2.56. The number of pyridine rings is 1. The van der Waals surface area contributed by atoms with Gasteiger partial charge in [-0.05, 0) is 20.8 Å². The Kier molecular flexibility index (Phi) is 3.66. The van der Waals surface area contributed by atoms with Gasteiger partial charge in [0.05, 0.1) is 6.61 Å². The van der Waals surface area contributed by atoms with Crippen LogP contribution in [0.3, 0.4) is 0 Å². The van der Waals surface area contributed by atoms with E-state index in [4.69, 9.17) is 9.57 Å². The number of rotatable bonds is 4. The van der Waals surface area contributed by atoms with Crippen molar-refractivity contribution in [2.45, 2.75) is 26.4 Å². The Balaban J connectivity index is 2.68. The summed E-state index contributed by atoms with van der Waals surface area (Å²) < 4.78 is 6.38. The topological polar surface area (TPSA) is 39.4 Å². The average Bonchev–Trinajstić information content (AvgIpc) is 2.19. The third-order valence-corrected chi connectivity index (χ3v) is 1.79. The Labute approximate surface area is 89.4 Å². The van der Waals surface area contributed by atoms with Crippen molar-refractivity contribution in [3.8, 4) is 0 Å². The summed E-state index contributed by atoms with van der Waals surface area (Å²) in [7, 11) is 0. The lowest BCUT2D eigenvalue weighted by Gasteiger charge is -2.17. The van der Waals surface area contributed by atoms with Crippen LogP contribution in [0.1, 0.15) is 20.8 Å². The molecule has 0 spiro atoms. The van der Waals surface area contributed by atoms with E-state index in [2.05, 4.69) is 0 Å². The van der Waals surface area contributed by atoms with Gasteiger partial charge in [0, 0.05) is 16.9 Å². The highest BCUT2D eigenvalue weighted by Crippen LogP contribution is 2.05. The molecule has 1 heterocycles. The first-order valence-electron chi connectivity index (χ1n) is 4.89. The van der Waals surface area contributed by atoms with Crippen molar-refractivity contribution < 1.29 is 19.1 Å². The second-order valence-corrected chi connectivity index (χ2v) is 3.56. The number of aromatic nitrogens is 1. The number of ether oxygens (including phenoxy) is 1. The van der Waals surface area contributed by atoms with E-state index in [1.54, 1.807) is 33.2 Å². The number of carbonyl (C=O) groups excluding carboxylic acids is 1. The molecule has 0 saturated carbocycles. The van der Waals surface area contributed by atoms with Crippen LogP contribution in [-0.2, 0) is 9.53 Å². The number of hydrogen-bond acceptors (Lipinski definition) is 3. The van der Waals surface area contributed by atoms with Crippen molar-refractivity contribution in [1.29, 1.82) is 0 Å². The SMILES string of the molecule is CCOC(=O)C(C)(C)O[n+]1ccccc1. The summed E-state index contributed by atoms with van der Waals surface area (Å²) in [5.41, 5.74) is -0.984. The highest BCUT2D eigenvalue weighted by atomic mass is 16.7. The first-order valence-corrected chi connectivity index (χ1v) is 4.89. The van der Waals surface area contributed by atoms with Crippen LogP contribution in [0.4, 0.5) is 0 Å². The zero-order chi connectivity index (χ0) is 11.3. The van der Waals surface area contributed by atoms with Crippen molar-refractivity contribution in [2.24, 2.45) is 0 Å². The predicted octanol–water partition coefficient (Wildman–Crippen LogP) is 0.744. The van der Waals surface area contributed by atoms with E-state index < -0.39 is 5.60 Å². The minimum Gasteiger partial charge on any atom is -0.463 e. The van der Waals surface area contributed by atoms with E-state index in [0.29, 0.717) is 6.61 Å². The predicted molar refractivity (Wildman–Crippen MR) is 53.9 cm³/mol. The maximum Gasteiger partial charge on any atom is 0.357 e. The van der Waals surface area contributed by atoms with Crippen molar-refractivity contribution in [3.05, 3.63) is 30.6 Å². The van der Waals surface area contributed by atoms with Crippen molar-refractivity contribution in [1.82, 2.24) is 0 Å². The van der Waals surface area contributed by atoms with Crippen molar-refractivity contribution in [3.63, 3.8) is 0 Å². The second-order valence-electron chi connectivity index (χ2n) is 3.56. The fourth-order valence-corrected chi connectivity index (χ4v) is 1.05. The number of nitrogens with zero attached hydrogens (tertiary/aromatic N) is 1. The van der Waals surface area contributed by atoms with Gasteiger partial charge in [-0.15, -0.1) is 0 Å². The summed E-state index contributed by atoms with van der Waals surface area (Å²) in [6.07, 6.45) is 3.45. The molecule has 4 heteroatoms. The molecule has 1 aromatic heterocycles. The monoisotopic (exact) mass is 210 g/mol. The molecule has 0 aliphatic rings. The standard InChI is InChI=1S/C11H16NO3/c1-4-14-10(13)11(2,3)15-12-8-6-5-7-9-12/h5-9H,4H2,1-3H3/q+1. The summed E-state index contributed by atoms with van der Waals surface area (Å²) in [5, 5.41) is 0. The number of carbonyl (C=O) groups is 1. The van der Waals surface area contributed by atoms with Gasteiger partial charge in [0.2, 0.25) is 12.4 Å². The maximum atomic E-state index is 11.5. The summed E-state index contributed by atoms with van der Waals surface area (Å²) >= 11 is 0. The van der Waals surface area contributed by atoms with E-state index >= 15 is 0 Å². The summed E-state index contributed by atoms with van der Waals surface area (Å²) in [4.78, 5) is 17.0. The van der Waals surface area contributed by atoms with Crippen LogP contribution in [0.15, 0.2) is 30.6 Å². The molecule has 0 N–H and O–H groups in total. The lowest BCUT2D eigenvalue weighted by molar-refractivity contribution is -0.903. The Morgan fingerprint density at radius 1 is 1.27 bits per heavy atom. The normalized spacial score (nSPS) is 10.9. The zero-order valence-corrected chi connectivity index (χ0v) is 9.27. The number of hydrogen-bond donors (Lipinski definition) is 0. The third-order valence-electron chi connectivity index (χ3n) is 1.79. The molecule has 0 fully saturated rings. The Morgan fingerprint density at radius 3 is 2.40 bits per heavy atom. The fraction of sp³-hybridized carbons (Fsp3) is 0.455. The van der Waals surface area contributed by atoms with E-state index in [0.717, 1.165) is 0 Å². The highest BCUT2D eigenvalue weighted by molar-refractivity contribution is 5.78. The second kappa shape index (κ2) is 4.77. The molecule has 1 rings (SSSR count). The Bertz CT molecular complexity index is 322. The molecular formula is C11H16NO3+. The summed E-state index contributed by atoms with van der Waals surface area (Å²) in [6, 6.07) is 5.51. The van der Waals surface area contributed by atoms with Gasteiger partial charge in [0.25, 0.3) is 5.60 Å². The molecule has 0 unspecified atom stereocenters. The fourth-order valence-electron chi connectivity index (χ4n) is 1.05. The Morgan fingerprint density at radius 2 is 1.87 bits per heavy atom. The van der Waals surface area contributed by atoms with Crippen LogP contribution < -0.4 is 9.57 Å². The first kappa shape index (κ1) is 11.5. The lowest BCUT2D eigenvalue weighted by atomic mass is 10.1. The van der Waals surface area contributed by atoms with Crippen LogP contribution in [0.5, 0.6) is 0 Å². The van der Waals surface area contributed by atoms with Crippen molar-refractivity contribution >= 4 is 5.97 Å². The minimum atomic E-state index is -0.984. The van der Waals surface area contributed by atoms with E-state index in [9.17, 15) is 4.79 Å². The highest BCUT2D eigenvalue weighted by Gasteiger charge is 2.36. The molecule has 0 saturated heterocycles. The number of esters is 1. The van der Waals surface area contributed by atoms with E-state index in [1.165, 1.54) is 4.73 Å². The zero-order valence-electron chi connectivity index (χ0n) is 9.27.